The molecular weight excluding hydrogens is 320 g/mol. The number of aliphatic hydroxyl groups is 1. The van der Waals surface area contributed by atoms with Gasteiger partial charge in [-0.25, -0.2) is 9.48 Å². The molecule has 8 nitrogen and oxygen atoms in total. The molecular formula is C17H24N6O2. The molecule has 1 aromatic carbocycles. The van der Waals surface area contributed by atoms with Crippen molar-refractivity contribution >= 4 is 17.4 Å². The van der Waals surface area contributed by atoms with Crippen molar-refractivity contribution < 1.29 is 9.90 Å². The van der Waals surface area contributed by atoms with Gasteiger partial charge >= 0.3 is 6.03 Å². The molecule has 2 amide bonds. The van der Waals surface area contributed by atoms with Crippen LogP contribution in [-0.4, -0.2) is 63.3 Å². The maximum absolute atomic E-state index is 12.5. The van der Waals surface area contributed by atoms with Crippen LogP contribution in [0.25, 0.3) is 0 Å². The molecule has 1 saturated heterocycles. The molecule has 0 unspecified atom stereocenters. The molecule has 2 heterocycles. The number of benzene rings is 1. The van der Waals surface area contributed by atoms with Crippen LogP contribution in [0.15, 0.2) is 36.7 Å². The van der Waals surface area contributed by atoms with E-state index in [-0.39, 0.29) is 18.6 Å². The van der Waals surface area contributed by atoms with E-state index in [1.807, 2.05) is 31.3 Å². The predicted octanol–water partition coefficient (Wildman–Crippen LogP) is 1.57. The fourth-order valence-electron chi connectivity index (χ4n) is 2.89. The summed E-state index contributed by atoms with van der Waals surface area (Å²) >= 11 is 0. The second kappa shape index (κ2) is 7.10. The van der Waals surface area contributed by atoms with Crippen molar-refractivity contribution in [3.05, 3.63) is 36.7 Å². The quantitative estimate of drug-likeness (QED) is 0.879. The Bertz CT molecular complexity index is 718. The van der Waals surface area contributed by atoms with Crippen LogP contribution in [0, 0.1) is 0 Å². The van der Waals surface area contributed by atoms with Crippen LogP contribution >= 0.6 is 0 Å². The molecule has 0 saturated carbocycles. The molecule has 0 aliphatic carbocycles. The molecule has 1 aliphatic rings. The number of amides is 2. The Morgan fingerprint density at radius 3 is 2.88 bits per heavy atom. The number of aromatic nitrogens is 3. The van der Waals surface area contributed by atoms with Gasteiger partial charge < -0.3 is 20.2 Å². The number of carbonyl (C=O) groups excluding carboxylic acids is 1. The molecule has 3 rings (SSSR count). The third-order valence-corrected chi connectivity index (χ3v) is 4.61. The topological polar surface area (TPSA) is 86.5 Å². The van der Waals surface area contributed by atoms with E-state index in [4.69, 9.17) is 0 Å². The van der Waals surface area contributed by atoms with Gasteiger partial charge in [0, 0.05) is 37.2 Å². The zero-order valence-electron chi connectivity index (χ0n) is 14.7. The fraction of sp³-hybridized carbons (Fsp3) is 0.471. The van der Waals surface area contributed by atoms with Crippen molar-refractivity contribution in [2.75, 3.05) is 30.4 Å². The van der Waals surface area contributed by atoms with E-state index < -0.39 is 6.10 Å². The fourth-order valence-corrected chi connectivity index (χ4v) is 2.89. The molecule has 0 radical (unpaired) electrons. The van der Waals surface area contributed by atoms with Gasteiger partial charge in [-0.2, -0.15) is 0 Å². The van der Waals surface area contributed by atoms with Crippen molar-refractivity contribution in [3.8, 4) is 0 Å². The summed E-state index contributed by atoms with van der Waals surface area (Å²) < 4.78 is 1.59. The number of β-amino-alcohol motifs (C(OH)–C–C–N with tert-alkyl or cyclic N) is 1. The summed E-state index contributed by atoms with van der Waals surface area (Å²) in [6, 6.07) is 7.59. The Balaban J connectivity index is 1.66. The molecule has 134 valence electrons. The summed E-state index contributed by atoms with van der Waals surface area (Å²) in [5, 5.41) is 20.8. The molecule has 0 bridgehead atoms. The van der Waals surface area contributed by atoms with Crippen LogP contribution in [0.4, 0.5) is 16.2 Å². The van der Waals surface area contributed by atoms with Crippen LogP contribution in [0.2, 0.25) is 0 Å². The number of likely N-dealkylation sites (tertiary alicyclic amines) is 1. The van der Waals surface area contributed by atoms with Crippen LogP contribution < -0.4 is 10.2 Å². The summed E-state index contributed by atoms with van der Waals surface area (Å²) in [6.07, 6.45) is 2.60. The standard InChI is InChI=1S/C17H24N6O2/c1-12(2)21(3)14-6-4-5-13(9-14)19-17(25)22-10-15(16(24)11-22)23-8-7-18-20-23/h4-9,12,15-16,24H,10-11H2,1-3H3,(H,19,25)/t15-,16-/m1/s1. The lowest BCUT2D eigenvalue weighted by atomic mass is 10.2. The monoisotopic (exact) mass is 344 g/mol. The van der Waals surface area contributed by atoms with E-state index in [1.165, 1.54) is 0 Å². The van der Waals surface area contributed by atoms with Gasteiger partial charge in [-0.05, 0) is 32.0 Å². The Morgan fingerprint density at radius 2 is 2.20 bits per heavy atom. The summed E-state index contributed by atoms with van der Waals surface area (Å²) in [4.78, 5) is 16.3. The van der Waals surface area contributed by atoms with E-state index in [2.05, 4.69) is 34.4 Å². The number of nitrogens with zero attached hydrogens (tertiary/aromatic N) is 5. The zero-order chi connectivity index (χ0) is 18.0. The lowest BCUT2D eigenvalue weighted by Crippen LogP contribution is -2.34. The van der Waals surface area contributed by atoms with Crippen molar-refractivity contribution in [3.63, 3.8) is 0 Å². The Kier molecular flexibility index (Phi) is 4.89. The largest absolute Gasteiger partial charge is 0.389 e. The minimum absolute atomic E-state index is 0.231. The first-order chi connectivity index (χ1) is 12.0. The molecule has 8 heteroatoms. The molecule has 1 fully saturated rings. The van der Waals surface area contributed by atoms with Crippen molar-refractivity contribution in [1.29, 1.82) is 0 Å². The van der Waals surface area contributed by atoms with Gasteiger partial charge in [-0.1, -0.05) is 11.3 Å². The first-order valence-electron chi connectivity index (χ1n) is 8.38. The smallest absolute Gasteiger partial charge is 0.322 e. The third kappa shape index (κ3) is 3.74. The summed E-state index contributed by atoms with van der Waals surface area (Å²) in [5.74, 6) is 0. The summed E-state index contributed by atoms with van der Waals surface area (Å²) in [6.45, 7) is 4.88. The second-order valence-corrected chi connectivity index (χ2v) is 6.61. The second-order valence-electron chi connectivity index (χ2n) is 6.61. The Morgan fingerprint density at radius 1 is 1.40 bits per heavy atom. The lowest BCUT2D eigenvalue weighted by molar-refractivity contribution is 0.139. The average Bonchev–Trinajstić information content (AvgIpc) is 3.23. The van der Waals surface area contributed by atoms with E-state index >= 15 is 0 Å². The zero-order valence-corrected chi connectivity index (χ0v) is 14.7. The van der Waals surface area contributed by atoms with E-state index in [0.29, 0.717) is 12.6 Å². The number of carbonyl (C=O) groups is 1. The lowest BCUT2D eigenvalue weighted by Gasteiger charge is -2.24. The predicted molar refractivity (Wildman–Crippen MR) is 95.6 cm³/mol. The maximum atomic E-state index is 12.5. The highest BCUT2D eigenvalue weighted by molar-refractivity contribution is 5.90. The molecule has 1 aliphatic heterocycles. The Labute approximate surface area is 147 Å². The van der Waals surface area contributed by atoms with Crippen LogP contribution in [0.5, 0.6) is 0 Å². The van der Waals surface area contributed by atoms with Crippen molar-refractivity contribution in [2.24, 2.45) is 0 Å². The van der Waals surface area contributed by atoms with E-state index in [1.54, 1.807) is 22.0 Å². The molecule has 0 spiro atoms. The van der Waals surface area contributed by atoms with Crippen molar-refractivity contribution in [2.45, 2.75) is 32.0 Å². The number of urea groups is 1. The van der Waals surface area contributed by atoms with Crippen molar-refractivity contribution in [1.82, 2.24) is 19.9 Å². The SMILES string of the molecule is CC(C)N(C)c1cccc(NC(=O)N2C[C@@H](O)[C@H](n3ccnn3)C2)c1. The number of hydrogen-bond acceptors (Lipinski definition) is 5. The third-order valence-electron chi connectivity index (χ3n) is 4.61. The molecule has 2 N–H and O–H groups in total. The molecule has 2 atom stereocenters. The molecule has 1 aromatic heterocycles. The van der Waals surface area contributed by atoms with Crippen LogP contribution in [-0.2, 0) is 0 Å². The average molecular weight is 344 g/mol. The van der Waals surface area contributed by atoms with Gasteiger partial charge in [-0.3, -0.25) is 0 Å². The summed E-state index contributed by atoms with van der Waals surface area (Å²) in [5.41, 5.74) is 1.77. The van der Waals surface area contributed by atoms with Gasteiger partial charge in [0.15, 0.2) is 0 Å². The van der Waals surface area contributed by atoms with E-state index in [0.717, 1.165) is 11.4 Å². The van der Waals surface area contributed by atoms with Crippen LogP contribution in [0.1, 0.15) is 19.9 Å². The molecule has 2 aromatic rings. The first-order valence-corrected chi connectivity index (χ1v) is 8.38. The first kappa shape index (κ1) is 17.2. The van der Waals surface area contributed by atoms with E-state index in [9.17, 15) is 9.90 Å². The number of hydrogen-bond donors (Lipinski definition) is 2. The highest BCUT2D eigenvalue weighted by Gasteiger charge is 2.35. The normalized spacial score (nSPS) is 20.1. The number of anilines is 2. The van der Waals surface area contributed by atoms with Gasteiger partial charge in [0.05, 0.1) is 24.9 Å². The number of nitrogens with one attached hydrogen (secondary N) is 1. The highest BCUT2D eigenvalue weighted by Crippen LogP contribution is 2.24. The minimum Gasteiger partial charge on any atom is -0.389 e. The van der Waals surface area contributed by atoms with Crippen LogP contribution in [0.3, 0.4) is 0 Å². The highest BCUT2D eigenvalue weighted by atomic mass is 16.3. The van der Waals surface area contributed by atoms with Gasteiger partial charge in [0.1, 0.15) is 0 Å². The minimum atomic E-state index is -0.661. The van der Waals surface area contributed by atoms with Gasteiger partial charge in [0.2, 0.25) is 0 Å². The molecule has 25 heavy (non-hydrogen) atoms. The number of rotatable bonds is 4. The van der Waals surface area contributed by atoms with Gasteiger partial charge in [-0.15, -0.1) is 5.10 Å². The number of aliphatic hydroxyl groups excluding tert-OH is 1. The maximum Gasteiger partial charge on any atom is 0.322 e. The summed E-state index contributed by atoms with van der Waals surface area (Å²) in [7, 11) is 2.02. The Hall–Kier alpha value is -2.61. The van der Waals surface area contributed by atoms with Gasteiger partial charge in [0.25, 0.3) is 0 Å².